The van der Waals surface area contributed by atoms with Gasteiger partial charge in [-0.15, -0.1) is 0 Å². The van der Waals surface area contributed by atoms with Crippen LogP contribution in [0.15, 0.2) is 231 Å². The molecule has 1 aliphatic carbocycles. The fraction of sp³-hybridized carbons (Fsp3) is 0.0606. The van der Waals surface area contributed by atoms with Crippen molar-refractivity contribution < 1.29 is 0 Å². The Kier molecular flexibility index (Phi) is 9.42. The lowest BCUT2D eigenvalue weighted by atomic mass is 9.67. The van der Waals surface area contributed by atoms with Gasteiger partial charge in [-0.1, -0.05) is 188 Å². The molecule has 0 unspecified atom stereocenters. The van der Waals surface area contributed by atoms with Crippen molar-refractivity contribution >= 4 is 32.8 Å². The van der Waals surface area contributed by atoms with Crippen LogP contribution in [0.5, 0.6) is 0 Å². The molecule has 0 aliphatic heterocycles. The largest absolute Gasteiger partial charge is 0.309 e. The average Bonchev–Trinajstić information content (AvgIpc) is 3.89. The molecule has 10 aromatic carbocycles. The molecule has 12 aromatic rings. The molecule has 0 amide bonds. The maximum atomic E-state index is 5.42. The minimum atomic E-state index is -0.423. The molecule has 3 nitrogen and oxygen atoms in total. The lowest BCUT2D eigenvalue weighted by molar-refractivity contribution is 0.768. The highest BCUT2D eigenvalue weighted by atomic mass is 15.0. The third kappa shape index (κ3) is 6.27. The third-order valence-corrected chi connectivity index (χ3v) is 14.8. The Balaban J connectivity index is 0.892. The van der Waals surface area contributed by atoms with Crippen molar-refractivity contribution in [2.45, 2.75) is 26.2 Å². The lowest BCUT2D eigenvalue weighted by Crippen LogP contribution is -2.28. The highest BCUT2D eigenvalue weighted by Gasteiger charge is 2.46. The summed E-state index contributed by atoms with van der Waals surface area (Å²) < 4.78 is 2.37. The van der Waals surface area contributed by atoms with Crippen LogP contribution in [0, 0.1) is 20.8 Å². The molecule has 69 heavy (non-hydrogen) atoms. The molecule has 2 heterocycles. The number of benzene rings is 10. The van der Waals surface area contributed by atoms with E-state index in [2.05, 4.69) is 256 Å². The lowest BCUT2D eigenvalue weighted by Gasteiger charge is -2.33. The molecule has 326 valence electrons. The van der Waals surface area contributed by atoms with Crippen LogP contribution in [0.25, 0.3) is 94.3 Å². The van der Waals surface area contributed by atoms with Crippen LogP contribution in [0.3, 0.4) is 0 Å². The molecular weight excluding hydrogens is 835 g/mol. The van der Waals surface area contributed by atoms with Crippen molar-refractivity contribution in [1.82, 2.24) is 14.5 Å². The van der Waals surface area contributed by atoms with Crippen molar-refractivity contribution in [3.8, 4) is 61.5 Å². The van der Waals surface area contributed by atoms with Gasteiger partial charge in [0.25, 0.3) is 0 Å². The summed E-state index contributed by atoms with van der Waals surface area (Å²) in [6, 6.07) is 84.2. The fourth-order valence-corrected chi connectivity index (χ4v) is 11.5. The van der Waals surface area contributed by atoms with Crippen LogP contribution >= 0.6 is 0 Å². The molecule has 13 rings (SSSR count). The Morgan fingerprint density at radius 3 is 1.74 bits per heavy atom. The summed E-state index contributed by atoms with van der Waals surface area (Å²) in [6.07, 6.45) is 0. The molecule has 0 atom stereocenters. The topological polar surface area (TPSA) is 30.7 Å². The highest BCUT2D eigenvalue weighted by molar-refractivity contribution is 6.11. The van der Waals surface area contributed by atoms with E-state index in [0.717, 1.165) is 44.8 Å². The number of aryl methyl sites for hydroxylation is 2. The maximum absolute atomic E-state index is 5.42. The van der Waals surface area contributed by atoms with Gasteiger partial charge in [-0.25, -0.2) is 9.97 Å². The molecule has 0 saturated carbocycles. The van der Waals surface area contributed by atoms with E-state index in [0.29, 0.717) is 0 Å². The van der Waals surface area contributed by atoms with E-state index in [1.54, 1.807) is 0 Å². The smallest absolute Gasteiger partial charge is 0.0968 e. The predicted molar refractivity (Wildman–Crippen MR) is 287 cm³/mol. The first-order valence-electron chi connectivity index (χ1n) is 23.9. The molecule has 0 N–H and O–H groups in total. The van der Waals surface area contributed by atoms with Gasteiger partial charge in [-0.2, -0.15) is 0 Å². The summed E-state index contributed by atoms with van der Waals surface area (Å²) in [5.74, 6) is 0. The van der Waals surface area contributed by atoms with Gasteiger partial charge in [-0.05, 0) is 136 Å². The van der Waals surface area contributed by atoms with Crippen molar-refractivity contribution in [1.29, 1.82) is 0 Å². The number of rotatable bonds is 7. The van der Waals surface area contributed by atoms with Crippen LogP contribution in [-0.2, 0) is 5.41 Å². The van der Waals surface area contributed by atoms with Gasteiger partial charge in [0.1, 0.15) is 0 Å². The Morgan fingerprint density at radius 1 is 0.377 bits per heavy atom. The normalized spacial score (nSPS) is 12.7. The van der Waals surface area contributed by atoms with Gasteiger partial charge in [0.05, 0.1) is 38.9 Å². The van der Waals surface area contributed by atoms with E-state index in [-0.39, 0.29) is 0 Å². The predicted octanol–water partition coefficient (Wildman–Crippen LogP) is 16.7. The average molecular weight is 882 g/mol. The molecule has 0 spiro atoms. The zero-order valence-electron chi connectivity index (χ0n) is 38.8. The Labute approximate surface area is 402 Å². The Bertz CT molecular complexity index is 3940. The molecule has 0 saturated heterocycles. The number of aromatic nitrogens is 3. The Hall–Kier alpha value is -8.66. The monoisotopic (exact) mass is 881 g/mol. The quantitative estimate of drug-likeness (QED) is 0.160. The number of fused-ring (bicyclic) bond motifs is 7. The van der Waals surface area contributed by atoms with Gasteiger partial charge < -0.3 is 4.57 Å². The second-order valence-corrected chi connectivity index (χ2v) is 18.5. The molecule has 0 fully saturated rings. The summed E-state index contributed by atoms with van der Waals surface area (Å²) in [4.78, 5) is 10.8. The van der Waals surface area contributed by atoms with E-state index in [4.69, 9.17) is 9.97 Å². The van der Waals surface area contributed by atoms with Crippen LogP contribution < -0.4 is 0 Å². The minimum Gasteiger partial charge on any atom is -0.309 e. The number of hydrogen-bond acceptors (Lipinski definition) is 2. The summed E-state index contributed by atoms with van der Waals surface area (Å²) in [7, 11) is 0. The van der Waals surface area contributed by atoms with Gasteiger partial charge >= 0.3 is 0 Å². The van der Waals surface area contributed by atoms with Crippen molar-refractivity contribution in [2.75, 3.05) is 0 Å². The van der Waals surface area contributed by atoms with Crippen LogP contribution in [-0.4, -0.2) is 14.5 Å². The maximum Gasteiger partial charge on any atom is 0.0968 e. The van der Waals surface area contributed by atoms with E-state index in [1.165, 1.54) is 88.6 Å². The van der Waals surface area contributed by atoms with Gasteiger partial charge in [0, 0.05) is 27.6 Å². The summed E-state index contributed by atoms with van der Waals surface area (Å²) in [6.45, 7) is 6.56. The van der Waals surface area contributed by atoms with Crippen LogP contribution in [0.4, 0.5) is 0 Å². The first-order valence-corrected chi connectivity index (χ1v) is 23.9. The minimum absolute atomic E-state index is 0.423. The standard InChI is InChI=1S/C66H47N3/c1-42-33-34-45(46-36-38-60-58(40-46)54-25-13-15-30-59(54)66(60,48-19-7-4-8-20-48)49-21-9-5-10-22-49)39-57(42)51-27-17-28-52(43(51)2)64-44(3)67-65-53(29-18-31-61(65)68-64)47-35-37-56-55-26-14-16-32-62(55)69(63(56)41-47)50-23-11-6-12-24-50/h4-41H,1-3H3. The summed E-state index contributed by atoms with van der Waals surface area (Å²) in [5.41, 5.74) is 24.9. The summed E-state index contributed by atoms with van der Waals surface area (Å²) >= 11 is 0. The van der Waals surface area contributed by atoms with E-state index in [9.17, 15) is 0 Å². The van der Waals surface area contributed by atoms with Crippen molar-refractivity contribution in [3.05, 3.63) is 270 Å². The number of para-hydroxylation sites is 3. The molecular formula is C66H47N3. The zero-order valence-corrected chi connectivity index (χ0v) is 38.8. The van der Waals surface area contributed by atoms with Crippen LogP contribution in [0.2, 0.25) is 0 Å². The molecule has 3 heteroatoms. The van der Waals surface area contributed by atoms with E-state index >= 15 is 0 Å². The molecule has 0 radical (unpaired) electrons. The second kappa shape index (κ2) is 16.0. The first kappa shape index (κ1) is 40.6. The van der Waals surface area contributed by atoms with E-state index in [1.807, 2.05) is 0 Å². The highest BCUT2D eigenvalue weighted by Crippen LogP contribution is 2.56. The SMILES string of the molecule is Cc1ccc(-c2ccc3c(c2)-c2ccccc2C3(c2ccccc2)c2ccccc2)cc1-c1cccc(-c2nc3cccc(-c4ccc5c6ccccc6n(-c6ccccc6)c5c4)c3nc2C)c1C. The van der Waals surface area contributed by atoms with Crippen molar-refractivity contribution in [2.24, 2.45) is 0 Å². The number of nitrogens with zero attached hydrogens (tertiary/aromatic N) is 3. The first-order chi connectivity index (χ1) is 34.0. The summed E-state index contributed by atoms with van der Waals surface area (Å²) in [5, 5.41) is 2.47. The van der Waals surface area contributed by atoms with Gasteiger partial charge in [-0.3, -0.25) is 0 Å². The van der Waals surface area contributed by atoms with Gasteiger partial charge in [0.2, 0.25) is 0 Å². The second-order valence-electron chi connectivity index (χ2n) is 18.5. The number of hydrogen-bond donors (Lipinski definition) is 0. The van der Waals surface area contributed by atoms with E-state index < -0.39 is 5.41 Å². The van der Waals surface area contributed by atoms with Gasteiger partial charge in [0.15, 0.2) is 0 Å². The Morgan fingerprint density at radius 2 is 0.957 bits per heavy atom. The van der Waals surface area contributed by atoms with Crippen molar-refractivity contribution in [3.63, 3.8) is 0 Å². The molecule has 2 aromatic heterocycles. The zero-order chi connectivity index (χ0) is 46.2. The molecule has 1 aliphatic rings. The third-order valence-electron chi connectivity index (χ3n) is 14.8. The fourth-order valence-electron chi connectivity index (χ4n) is 11.5. The van der Waals surface area contributed by atoms with Crippen LogP contribution in [0.1, 0.15) is 39.1 Å². The molecule has 0 bridgehead atoms.